The van der Waals surface area contributed by atoms with Gasteiger partial charge in [-0.05, 0) is 0 Å². The van der Waals surface area contributed by atoms with Gasteiger partial charge < -0.3 is 165 Å². The van der Waals surface area contributed by atoms with Crippen LogP contribution in [-0.4, -0.2) is 351 Å². The summed E-state index contributed by atoms with van der Waals surface area (Å²) in [5.41, 5.74) is 0. The highest BCUT2D eigenvalue weighted by molar-refractivity contribution is 5.77. The number of carboxylic acids is 1. The highest BCUT2D eigenvalue weighted by atomic mass is 16.8. The van der Waals surface area contributed by atoms with Crippen molar-refractivity contribution in [3.8, 4) is 0 Å². The standard InChI is InChI=1S/C47H78N4O34/c1-12(58)48-23-16(62)5-47(46(73)74,84-38(23)27(64)17(63)6-52)85-40-34(71)45(79-22(11-57)36(40)81-42-24(49-13(2)59)31(68)28(65)18(7-53)76-42)80-35-21(10-56)78-43(25(32(35)69)50-14(3)60)83-39-30(67)20(9-55)77-44(33(39)70)82-37-26(51-15(4)61)41(72)75-19(8-54)29(37)66/h16-45,52-57,62-72H,5-11H2,1-4H3,(H,48,58)(H,49,59)(H,50,60)(H,51,61)(H,73,74)/t16-,17+,18+,19+,20+,21+,22+,23+,24+,25+,26+,27+,28-,29-,30-,31+,32+,33+,34+,35+,36-,37+,38+,39-,40+,41-,42-,43-,44-,45-,47-/m0/s1. The Hall–Kier alpha value is -3.77. The number of hydrogen-bond acceptors (Lipinski definition) is 33. The predicted octanol–water partition coefficient (Wildman–Crippen LogP) is -14.3. The molecule has 38 heteroatoms. The molecule has 0 radical (unpaired) electrons. The van der Waals surface area contributed by atoms with Gasteiger partial charge in [-0.15, -0.1) is 0 Å². The van der Waals surface area contributed by atoms with Crippen LogP contribution in [0.2, 0.25) is 0 Å². The van der Waals surface area contributed by atoms with E-state index < -0.39 is 265 Å². The Morgan fingerprint density at radius 1 is 0.459 bits per heavy atom. The maximum Gasteiger partial charge on any atom is 0.364 e. The third kappa shape index (κ3) is 15.6. The zero-order chi connectivity index (χ0) is 63.3. The molecule has 6 fully saturated rings. The van der Waals surface area contributed by atoms with Crippen LogP contribution in [0.5, 0.6) is 0 Å². The van der Waals surface area contributed by atoms with Gasteiger partial charge in [-0.25, -0.2) is 4.79 Å². The predicted molar refractivity (Wildman–Crippen MR) is 263 cm³/mol. The van der Waals surface area contributed by atoms with Gasteiger partial charge >= 0.3 is 5.97 Å². The first-order valence-corrected chi connectivity index (χ1v) is 26.7. The molecule has 6 heterocycles. The molecule has 0 spiro atoms. The Morgan fingerprint density at radius 3 is 1.38 bits per heavy atom. The molecular formula is C47H78N4O34. The zero-order valence-electron chi connectivity index (χ0n) is 45.9. The Labute approximate surface area is 481 Å². The molecule has 4 amide bonds. The first kappa shape index (κ1) is 70.3. The number of carbonyl (C=O) groups excluding carboxylic acids is 4. The number of hydrogen-bond donors (Lipinski definition) is 22. The van der Waals surface area contributed by atoms with Gasteiger partial charge in [0.05, 0.1) is 51.8 Å². The van der Waals surface area contributed by atoms with E-state index in [0.717, 1.165) is 27.7 Å². The normalized spacial score (nSPS) is 45.0. The lowest BCUT2D eigenvalue weighted by atomic mass is 9.88. The van der Waals surface area contributed by atoms with Crippen molar-refractivity contribution in [3.63, 3.8) is 0 Å². The fourth-order valence-corrected chi connectivity index (χ4v) is 10.8. The van der Waals surface area contributed by atoms with Crippen molar-refractivity contribution < 1.29 is 168 Å². The highest BCUT2D eigenvalue weighted by Crippen LogP contribution is 2.41. The van der Waals surface area contributed by atoms with Gasteiger partial charge in [0.15, 0.2) is 31.5 Å². The average Bonchev–Trinajstić information content (AvgIpc) is 1.12. The van der Waals surface area contributed by atoms with Crippen LogP contribution in [0.1, 0.15) is 34.1 Å². The minimum atomic E-state index is -3.38. The van der Waals surface area contributed by atoms with Crippen LogP contribution >= 0.6 is 0 Å². The van der Waals surface area contributed by atoms with Crippen molar-refractivity contribution in [2.75, 3.05) is 39.6 Å². The molecule has 0 aromatic carbocycles. The van der Waals surface area contributed by atoms with Crippen LogP contribution in [0, 0.1) is 0 Å². The topological polar surface area (TPSA) is 599 Å². The molecule has 38 nitrogen and oxygen atoms in total. The maximum atomic E-state index is 13.6. The number of aliphatic hydroxyl groups excluding tert-OH is 17. The van der Waals surface area contributed by atoms with Gasteiger partial charge in [-0.2, -0.15) is 0 Å². The van der Waals surface area contributed by atoms with E-state index in [1.54, 1.807) is 0 Å². The SMILES string of the molecule is CC(=O)N[C@@H]1[C@@H](O[C@@H]2O[C@H](CO)[C@H](O)[C@H](O[C@@H]3O[C@H](CO)[C@@H](O[C@@H]4O[C@H](CO)[C@H](O[C@@H]5O[C@H](CO)[C@H](O)[C@H](O)[C@H]5NC(C)=O)[C@H](O[C@]5(C(=O)O)C[C@H](O)[C@@H](NC(C)=O)[C@H]([C@H](O)[C@H](O)CO)O5)[C@H]4O)[C@H](O)[C@H]3NC(C)=O)[C@H]2O)[C@@H](O)[C@@H](CO)O[C@@H]1O. The highest BCUT2D eigenvalue weighted by Gasteiger charge is 2.62. The van der Waals surface area contributed by atoms with Crippen molar-refractivity contribution in [1.82, 2.24) is 21.3 Å². The van der Waals surface area contributed by atoms with Crippen molar-refractivity contribution in [2.45, 2.75) is 224 Å². The Morgan fingerprint density at radius 2 is 0.859 bits per heavy atom. The first-order chi connectivity index (χ1) is 40.0. The van der Waals surface area contributed by atoms with E-state index in [1.807, 2.05) is 0 Å². The van der Waals surface area contributed by atoms with Crippen LogP contribution in [0.25, 0.3) is 0 Å². The third-order valence-corrected chi connectivity index (χ3v) is 15.0. The Balaban J connectivity index is 1.36. The van der Waals surface area contributed by atoms with Gasteiger partial charge in [-0.3, -0.25) is 19.2 Å². The summed E-state index contributed by atoms with van der Waals surface area (Å²) in [6.07, 6.45) is -55.2. The number of rotatable bonds is 23. The second-order valence-electron chi connectivity index (χ2n) is 21.1. The van der Waals surface area contributed by atoms with Crippen LogP contribution in [0.15, 0.2) is 0 Å². The lowest BCUT2D eigenvalue weighted by molar-refractivity contribution is -0.401. The zero-order valence-corrected chi connectivity index (χ0v) is 45.9. The van der Waals surface area contributed by atoms with E-state index in [0.29, 0.717) is 0 Å². The number of nitrogens with one attached hydrogen (secondary N) is 4. The van der Waals surface area contributed by atoms with E-state index in [-0.39, 0.29) is 0 Å². The molecule has 0 aliphatic carbocycles. The molecular weight excluding hydrogens is 1160 g/mol. The number of carboxylic acid groups (broad SMARTS) is 1. The van der Waals surface area contributed by atoms with Crippen molar-refractivity contribution in [3.05, 3.63) is 0 Å². The fourth-order valence-electron chi connectivity index (χ4n) is 10.8. The van der Waals surface area contributed by atoms with Gasteiger partial charge in [-0.1, -0.05) is 0 Å². The van der Waals surface area contributed by atoms with Gasteiger partial charge in [0.25, 0.3) is 5.79 Å². The Kier molecular flexibility index (Phi) is 24.9. The summed E-state index contributed by atoms with van der Waals surface area (Å²) < 4.78 is 64.2. The van der Waals surface area contributed by atoms with Crippen LogP contribution in [-0.2, 0) is 76.1 Å². The molecule has 31 atom stereocenters. The summed E-state index contributed by atoms with van der Waals surface area (Å²) in [4.78, 5) is 63.2. The molecule has 6 rings (SSSR count). The summed E-state index contributed by atoms with van der Waals surface area (Å²) in [6.45, 7) is -2.72. The molecule has 22 N–H and O–H groups in total. The van der Waals surface area contributed by atoms with Crippen molar-refractivity contribution >= 4 is 29.6 Å². The third-order valence-electron chi connectivity index (χ3n) is 15.0. The second kappa shape index (κ2) is 30.2. The quantitative estimate of drug-likeness (QED) is 0.0452. The molecule has 490 valence electrons. The molecule has 6 saturated heterocycles. The minimum Gasteiger partial charge on any atom is -0.477 e. The summed E-state index contributed by atoms with van der Waals surface area (Å²) in [5.74, 6) is -9.02. The fraction of sp³-hybridized carbons (Fsp3) is 0.894. The van der Waals surface area contributed by atoms with E-state index in [1.165, 1.54) is 0 Å². The molecule has 6 aliphatic heterocycles. The minimum absolute atomic E-state index is 0.773. The van der Waals surface area contributed by atoms with Crippen LogP contribution < -0.4 is 21.3 Å². The molecule has 0 saturated carbocycles. The number of amides is 4. The van der Waals surface area contributed by atoms with Gasteiger partial charge in [0.1, 0.15) is 140 Å². The second-order valence-corrected chi connectivity index (χ2v) is 21.1. The number of carbonyl (C=O) groups is 5. The molecule has 0 unspecified atom stereocenters. The summed E-state index contributed by atoms with van der Waals surface area (Å²) in [7, 11) is 0. The van der Waals surface area contributed by atoms with E-state index in [9.17, 15) is 116 Å². The van der Waals surface area contributed by atoms with Gasteiger partial charge in [0.2, 0.25) is 23.6 Å². The lowest BCUT2D eigenvalue weighted by Gasteiger charge is -2.52. The monoisotopic (exact) mass is 1240 g/mol. The van der Waals surface area contributed by atoms with E-state index in [2.05, 4.69) is 21.3 Å². The first-order valence-electron chi connectivity index (χ1n) is 26.7. The molecule has 0 aromatic rings. The number of aliphatic hydroxyl groups is 17. The maximum absolute atomic E-state index is 13.6. The van der Waals surface area contributed by atoms with E-state index >= 15 is 0 Å². The number of ether oxygens (including phenoxy) is 11. The Bertz CT molecular complexity index is 2220. The summed E-state index contributed by atoms with van der Waals surface area (Å²) in [5, 5.41) is 206. The van der Waals surface area contributed by atoms with Crippen molar-refractivity contribution in [2.24, 2.45) is 0 Å². The molecule has 0 aromatic heterocycles. The van der Waals surface area contributed by atoms with E-state index in [4.69, 9.17) is 52.1 Å². The smallest absolute Gasteiger partial charge is 0.364 e. The summed E-state index contributed by atoms with van der Waals surface area (Å²) >= 11 is 0. The van der Waals surface area contributed by atoms with Gasteiger partial charge in [0, 0.05) is 34.1 Å². The van der Waals surface area contributed by atoms with Crippen molar-refractivity contribution in [1.29, 1.82) is 0 Å². The molecule has 85 heavy (non-hydrogen) atoms. The van der Waals surface area contributed by atoms with Crippen LogP contribution in [0.4, 0.5) is 0 Å². The van der Waals surface area contributed by atoms with Crippen LogP contribution in [0.3, 0.4) is 0 Å². The molecule has 6 aliphatic rings. The largest absolute Gasteiger partial charge is 0.477 e. The lowest BCUT2D eigenvalue weighted by Crippen LogP contribution is -2.72. The number of aliphatic carboxylic acids is 1. The molecule has 0 bridgehead atoms. The summed E-state index contributed by atoms with van der Waals surface area (Å²) in [6, 6.07) is -7.12. The average molecular weight is 1240 g/mol.